The van der Waals surface area contributed by atoms with Crippen LogP contribution in [0.15, 0.2) is 42.2 Å². The predicted molar refractivity (Wildman–Crippen MR) is 112 cm³/mol. The molecule has 9 heteroatoms. The second-order valence-corrected chi connectivity index (χ2v) is 7.12. The molecule has 1 fully saturated rings. The SMILES string of the molecule is Cc1nc(-c2c[nH]c(C(=O)N3CCNCC3c3cccnc3)c2)cs1.Cl.Cl. The first-order valence-corrected chi connectivity index (χ1v) is 9.13. The van der Waals surface area contributed by atoms with Gasteiger partial charge in [-0.3, -0.25) is 9.78 Å². The van der Waals surface area contributed by atoms with Gasteiger partial charge in [0.25, 0.3) is 5.91 Å². The molecular formula is C18H21Cl2N5OS. The number of rotatable bonds is 3. The van der Waals surface area contributed by atoms with Gasteiger partial charge in [0.15, 0.2) is 0 Å². The van der Waals surface area contributed by atoms with Crippen LogP contribution in [0, 0.1) is 6.92 Å². The average molecular weight is 426 g/mol. The van der Waals surface area contributed by atoms with E-state index in [0.29, 0.717) is 12.2 Å². The number of aromatic amines is 1. The van der Waals surface area contributed by atoms with E-state index in [1.807, 2.05) is 47.8 Å². The van der Waals surface area contributed by atoms with Crippen LogP contribution >= 0.6 is 36.2 Å². The molecule has 3 aromatic rings. The number of amides is 1. The van der Waals surface area contributed by atoms with E-state index in [0.717, 1.165) is 34.9 Å². The van der Waals surface area contributed by atoms with Crippen molar-refractivity contribution in [2.45, 2.75) is 13.0 Å². The second kappa shape index (κ2) is 9.32. The summed E-state index contributed by atoms with van der Waals surface area (Å²) in [6.07, 6.45) is 5.43. The van der Waals surface area contributed by atoms with Crippen molar-refractivity contribution in [1.29, 1.82) is 0 Å². The minimum absolute atomic E-state index is 0. The van der Waals surface area contributed by atoms with Gasteiger partial charge in [-0.1, -0.05) is 6.07 Å². The normalized spacial score (nSPS) is 16.3. The Kier molecular flexibility index (Phi) is 7.38. The van der Waals surface area contributed by atoms with Crippen molar-refractivity contribution in [1.82, 2.24) is 25.2 Å². The largest absolute Gasteiger partial charge is 0.357 e. The highest BCUT2D eigenvalue weighted by atomic mass is 35.5. The number of aromatic nitrogens is 3. The van der Waals surface area contributed by atoms with Crippen molar-refractivity contribution >= 4 is 42.1 Å². The maximum atomic E-state index is 13.1. The van der Waals surface area contributed by atoms with Gasteiger partial charge >= 0.3 is 0 Å². The number of hydrogen-bond donors (Lipinski definition) is 2. The molecule has 4 heterocycles. The summed E-state index contributed by atoms with van der Waals surface area (Å²) < 4.78 is 0. The van der Waals surface area contributed by atoms with Crippen LogP contribution in [0.4, 0.5) is 0 Å². The van der Waals surface area contributed by atoms with Crippen LogP contribution < -0.4 is 5.32 Å². The quantitative estimate of drug-likeness (QED) is 0.673. The number of nitrogens with zero attached hydrogens (tertiary/aromatic N) is 3. The van der Waals surface area contributed by atoms with Gasteiger partial charge in [-0.2, -0.15) is 0 Å². The molecule has 0 aliphatic carbocycles. The fourth-order valence-corrected chi connectivity index (χ4v) is 3.76. The number of hydrogen-bond acceptors (Lipinski definition) is 5. The van der Waals surface area contributed by atoms with Crippen LogP contribution in [0.2, 0.25) is 0 Å². The van der Waals surface area contributed by atoms with Gasteiger partial charge in [-0.15, -0.1) is 36.2 Å². The van der Waals surface area contributed by atoms with E-state index in [9.17, 15) is 4.79 Å². The number of carbonyl (C=O) groups is 1. The van der Waals surface area contributed by atoms with Crippen LogP contribution in [0.25, 0.3) is 11.3 Å². The molecule has 0 saturated carbocycles. The van der Waals surface area contributed by atoms with E-state index < -0.39 is 0 Å². The third-order valence-corrected chi connectivity index (χ3v) is 5.18. The molecule has 0 aromatic carbocycles. The van der Waals surface area contributed by atoms with E-state index in [4.69, 9.17) is 0 Å². The summed E-state index contributed by atoms with van der Waals surface area (Å²) in [5, 5.41) is 6.39. The Morgan fingerprint density at radius 3 is 2.93 bits per heavy atom. The Morgan fingerprint density at radius 2 is 2.22 bits per heavy atom. The van der Waals surface area contributed by atoms with Gasteiger partial charge in [-0.05, 0) is 24.6 Å². The fraction of sp³-hybridized carbons (Fsp3) is 0.278. The third-order valence-electron chi connectivity index (χ3n) is 4.40. The van der Waals surface area contributed by atoms with Gasteiger partial charge in [0, 0.05) is 49.2 Å². The summed E-state index contributed by atoms with van der Waals surface area (Å²) in [6, 6.07) is 5.80. The molecule has 4 rings (SSSR count). The highest BCUT2D eigenvalue weighted by Crippen LogP contribution is 2.26. The van der Waals surface area contributed by atoms with E-state index in [1.54, 1.807) is 17.5 Å². The summed E-state index contributed by atoms with van der Waals surface area (Å²) in [6.45, 7) is 4.17. The van der Waals surface area contributed by atoms with Crippen LogP contribution in [-0.2, 0) is 0 Å². The molecule has 2 N–H and O–H groups in total. The predicted octanol–water partition coefficient (Wildman–Crippen LogP) is 3.47. The van der Waals surface area contributed by atoms with Gasteiger partial charge in [0.05, 0.1) is 16.7 Å². The lowest BCUT2D eigenvalue weighted by Gasteiger charge is -2.36. The number of aryl methyl sites for hydroxylation is 1. The smallest absolute Gasteiger partial charge is 0.270 e. The summed E-state index contributed by atoms with van der Waals surface area (Å²) in [5.41, 5.74) is 3.49. The lowest BCUT2D eigenvalue weighted by molar-refractivity contribution is 0.0628. The van der Waals surface area contributed by atoms with E-state index >= 15 is 0 Å². The number of carbonyl (C=O) groups excluding carboxylic acids is 1. The molecule has 1 atom stereocenters. The van der Waals surface area contributed by atoms with E-state index in [-0.39, 0.29) is 36.8 Å². The molecule has 144 valence electrons. The van der Waals surface area contributed by atoms with Crippen molar-refractivity contribution in [2.75, 3.05) is 19.6 Å². The maximum Gasteiger partial charge on any atom is 0.270 e. The topological polar surface area (TPSA) is 73.9 Å². The number of H-pyrrole nitrogens is 1. The van der Waals surface area contributed by atoms with Gasteiger partial charge in [0.1, 0.15) is 5.69 Å². The molecule has 1 aliphatic rings. The van der Waals surface area contributed by atoms with Crippen molar-refractivity contribution < 1.29 is 4.79 Å². The second-order valence-electron chi connectivity index (χ2n) is 6.06. The Bertz CT molecular complexity index is 883. The van der Waals surface area contributed by atoms with Crippen molar-refractivity contribution in [3.63, 3.8) is 0 Å². The van der Waals surface area contributed by atoms with Crippen LogP contribution in [-0.4, -0.2) is 45.4 Å². The first-order valence-electron chi connectivity index (χ1n) is 8.25. The Morgan fingerprint density at radius 1 is 1.37 bits per heavy atom. The molecule has 1 amide bonds. The number of thiazole rings is 1. The molecule has 6 nitrogen and oxygen atoms in total. The zero-order valence-electron chi connectivity index (χ0n) is 14.7. The lowest BCUT2D eigenvalue weighted by atomic mass is 10.0. The monoisotopic (exact) mass is 425 g/mol. The molecule has 0 radical (unpaired) electrons. The molecule has 1 aliphatic heterocycles. The fourth-order valence-electron chi connectivity index (χ4n) is 3.13. The van der Waals surface area contributed by atoms with Crippen molar-refractivity contribution in [3.05, 3.63) is 58.4 Å². The number of pyridine rings is 1. The average Bonchev–Trinajstić information content (AvgIpc) is 3.31. The minimum Gasteiger partial charge on any atom is -0.357 e. The minimum atomic E-state index is -0.0109. The standard InChI is InChI=1S/C18H19N5OS.2ClH/c1-12-22-16(11-25-12)14-7-15(21-9-14)18(24)23-6-5-20-10-17(23)13-3-2-4-19-8-13;;/h2-4,7-9,11,17,20-21H,5-6,10H2,1H3;2*1H. The highest BCUT2D eigenvalue weighted by Gasteiger charge is 2.29. The van der Waals surface area contributed by atoms with E-state index in [2.05, 4.69) is 20.3 Å². The zero-order chi connectivity index (χ0) is 17.2. The van der Waals surface area contributed by atoms with E-state index in [1.165, 1.54) is 0 Å². The molecule has 1 saturated heterocycles. The lowest BCUT2D eigenvalue weighted by Crippen LogP contribution is -2.48. The number of piperazine rings is 1. The molecule has 0 bridgehead atoms. The molecule has 3 aromatic heterocycles. The number of halogens is 2. The first kappa shape index (κ1) is 21.4. The van der Waals surface area contributed by atoms with Crippen LogP contribution in [0.3, 0.4) is 0 Å². The molecule has 27 heavy (non-hydrogen) atoms. The summed E-state index contributed by atoms with van der Waals surface area (Å²) in [5.74, 6) is 0.00792. The highest BCUT2D eigenvalue weighted by molar-refractivity contribution is 7.09. The molecule has 1 unspecified atom stereocenters. The summed E-state index contributed by atoms with van der Waals surface area (Å²) >= 11 is 1.61. The van der Waals surface area contributed by atoms with Crippen LogP contribution in [0.5, 0.6) is 0 Å². The Balaban J connectivity index is 0.00000131. The summed E-state index contributed by atoms with van der Waals surface area (Å²) in [7, 11) is 0. The van der Waals surface area contributed by atoms with Gasteiger partial charge < -0.3 is 15.2 Å². The third kappa shape index (κ3) is 4.50. The first-order chi connectivity index (χ1) is 12.2. The summed E-state index contributed by atoms with van der Waals surface area (Å²) in [4.78, 5) is 26.8. The molecule has 0 spiro atoms. The van der Waals surface area contributed by atoms with Gasteiger partial charge in [-0.25, -0.2) is 4.98 Å². The van der Waals surface area contributed by atoms with Crippen molar-refractivity contribution in [2.24, 2.45) is 0 Å². The Hall–Kier alpha value is -1.93. The zero-order valence-corrected chi connectivity index (χ0v) is 17.2. The maximum absolute atomic E-state index is 13.1. The Labute approximate surface area is 174 Å². The van der Waals surface area contributed by atoms with Crippen molar-refractivity contribution in [3.8, 4) is 11.3 Å². The van der Waals surface area contributed by atoms with Gasteiger partial charge in [0.2, 0.25) is 0 Å². The number of nitrogens with one attached hydrogen (secondary N) is 2. The molecular weight excluding hydrogens is 405 g/mol. The van der Waals surface area contributed by atoms with Crippen LogP contribution in [0.1, 0.15) is 27.1 Å².